The van der Waals surface area contributed by atoms with Crippen LogP contribution in [0.3, 0.4) is 0 Å². The van der Waals surface area contributed by atoms with Gasteiger partial charge < -0.3 is 5.11 Å². The quantitative estimate of drug-likeness (QED) is 0.810. The Morgan fingerprint density at radius 2 is 2.19 bits per heavy atom. The molecule has 1 fully saturated rings. The number of carboxylic acid groups (broad SMARTS) is 1. The number of hydrogen-bond acceptors (Lipinski definition) is 2. The Labute approximate surface area is 135 Å². The Hall–Kier alpha value is -0.870. The molecule has 2 rings (SSSR count). The van der Waals surface area contributed by atoms with Gasteiger partial charge >= 0.3 is 5.97 Å². The van der Waals surface area contributed by atoms with Crippen LogP contribution in [0.15, 0.2) is 28.7 Å². The molecule has 1 heterocycles. The number of unbranched alkanes of at least 4 members (excludes halogenated alkanes) is 1. The standard InChI is InChI=1S/C17H24BrNO2/c1-2-3-10-15(13-8-4-5-9-14(13)18)19-12-7-6-11-16(19)17(20)21/h4-5,8-9,15-16H,2-3,6-7,10-12H2,1H3,(H,20,21). The minimum atomic E-state index is -0.678. The first-order chi connectivity index (χ1) is 10.1. The van der Waals surface area contributed by atoms with Crippen LogP contribution in [0.25, 0.3) is 0 Å². The Morgan fingerprint density at radius 3 is 2.86 bits per heavy atom. The third-order valence-electron chi connectivity index (χ3n) is 4.32. The monoisotopic (exact) mass is 353 g/mol. The van der Waals surface area contributed by atoms with Crippen molar-refractivity contribution in [2.75, 3.05) is 6.54 Å². The molecule has 1 aromatic carbocycles. The molecule has 0 saturated carbocycles. The average molecular weight is 354 g/mol. The topological polar surface area (TPSA) is 40.5 Å². The van der Waals surface area contributed by atoms with Gasteiger partial charge in [0.2, 0.25) is 0 Å². The molecule has 3 nitrogen and oxygen atoms in total. The Balaban J connectivity index is 2.30. The largest absolute Gasteiger partial charge is 0.480 e. The lowest BCUT2D eigenvalue weighted by Crippen LogP contribution is -2.46. The molecule has 1 aromatic rings. The minimum Gasteiger partial charge on any atom is -0.480 e. The number of halogens is 1. The molecule has 0 amide bonds. The predicted octanol–water partition coefficient (Wildman–Crippen LogP) is 4.62. The fraction of sp³-hybridized carbons (Fsp3) is 0.588. The van der Waals surface area contributed by atoms with E-state index in [9.17, 15) is 9.90 Å². The first-order valence-electron chi connectivity index (χ1n) is 7.88. The van der Waals surface area contributed by atoms with Gasteiger partial charge in [0, 0.05) is 10.5 Å². The smallest absolute Gasteiger partial charge is 0.320 e. The Bertz CT molecular complexity index is 478. The third kappa shape index (κ3) is 4.07. The summed E-state index contributed by atoms with van der Waals surface area (Å²) in [5.74, 6) is -0.678. The zero-order valence-corrected chi connectivity index (χ0v) is 14.2. The second-order valence-electron chi connectivity index (χ2n) is 5.77. The van der Waals surface area contributed by atoms with E-state index in [1.54, 1.807) is 0 Å². The minimum absolute atomic E-state index is 0.196. The summed E-state index contributed by atoms with van der Waals surface area (Å²) in [6.07, 6.45) is 6.15. The number of benzene rings is 1. The summed E-state index contributed by atoms with van der Waals surface area (Å²) in [7, 11) is 0. The van der Waals surface area contributed by atoms with Gasteiger partial charge in [0.05, 0.1) is 0 Å². The van der Waals surface area contributed by atoms with Crippen LogP contribution in [0.1, 0.15) is 57.1 Å². The lowest BCUT2D eigenvalue weighted by atomic mass is 9.93. The number of nitrogens with zero attached hydrogens (tertiary/aromatic N) is 1. The molecule has 1 aliphatic heterocycles. The van der Waals surface area contributed by atoms with Gasteiger partial charge in [-0.15, -0.1) is 0 Å². The fourth-order valence-electron chi connectivity index (χ4n) is 3.23. The van der Waals surface area contributed by atoms with E-state index >= 15 is 0 Å². The lowest BCUT2D eigenvalue weighted by molar-refractivity contribution is -0.146. The van der Waals surface area contributed by atoms with Crippen molar-refractivity contribution < 1.29 is 9.90 Å². The van der Waals surface area contributed by atoms with E-state index in [1.165, 1.54) is 5.56 Å². The van der Waals surface area contributed by atoms with Crippen molar-refractivity contribution in [2.24, 2.45) is 0 Å². The first kappa shape index (κ1) is 16.5. The number of hydrogen-bond donors (Lipinski definition) is 1. The molecule has 0 spiro atoms. The average Bonchev–Trinajstić information content (AvgIpc) is 2.49. The molecule has 21 heavy (non-hydrogen) atoms. The van der Waals surface area contributed by atoms with Gasteiger partial charge in [0.1, 0.15) is 6.04 Å². The van der Waals surface area contributed by atoms with Crippen LogP contribution >= 0.6 is 15.9 Å². The number of likely N-dealkylation sites (tertiary alicyclic amines) is 1. The van der Waals surface area contributed by atoms with E-state index < -0.39 is 5.97 Å². The number of piperidine rings is 1. The molecule has 1 aliphatic rings. The number of carbonyl (C=O) groups is 1. The van der Waals surface area contributed by atoms with Gasteiger partial charge in [-0.05, 0) is 37.4 Å². The van der Waals surface area contributed by atoms with Crippen LogP contribution in [0, 0.1) is 0 Å². The molecule has 116 valence electrons. The highest BCUT2D eigenvalue weighted by atomic mass is 79.9. The van der Waals surface area contributed by atoms with Crippen molar-refractivity contribution >= 4 is 21.9 Å². The van der Waals surface area contributed by atoms with Crippen LogP contribution < -0.4 is 0 Å². The number of aliphatic carboxylic acids is 1. The van der Waals surface area contributed by atoms with Crippen molar-refractivity contribution in [1.29, 1.82) is 0 Å². The lowest BCUT2D eigenvalue weighted by Gasteiger charge is -2.39. The Morgan fingerprint density at radius 1 is 1.43 bits per heavy atom. The van der Waals surface area contributed by atoms with E-state index in [1.807, 2.05) is 18.2 Å². The zero-order valence-electron chi connectivity index (χ0n) is 12.6. The second-order valence-corrected chi connectivity index (χ2v) is 6.62. The van der Waals surface area contributed by atoms with E-state index in [2.05, 4.69) is 33.8 Å². The van der Waals surface area contributed by atoms with E-state index in [-0.39, 0.29) is 12.1 Å². The maximum Gasteiger partial charge on any atom is 0.320 e. The molecule has 4 heteroatoms. The maximum absolute atomic E-state index is 11.6. The molecule has 0 radical (unpaired) electrons. The SMILES string of the molecule is CCCCC(c1ccccc1Br)N1CCCCC1C(=O)O. The van der Waals surface area contributed by atoms with Gasteiger partial charge in [-0.25, -0.2) is 0 Å². The molecular weight excluding hydrogens is 330 g/mol. The molecular formula is C17H24BrNO2. The normalized spacial score (nSPS) is 21.1. The number of carboxylic acids is 1. The molecule has 2 unspecified atom stereocenters. The van der Waals surface area contributed by atoms with E-state index in [4.69, 9.17) is 0 Å². The van der Waals surface area contributed by atoms with Crippen molar-refractivity contribution in [1.82, 2.24) is 4.90 Å². The Kier molecular flexibility index (Phi) is 6.24. The predicted molar refractivity (Wildman–Crippen MR) is 88.4 cm³/mol. The fourth-order valence-corrected chi connectivity index (χ4v) is 3.78. The van der Waals surface area contributed by atoms with Gasteiger partial charge in [-0.1, -0.05) is 60.3 Å². The van der Waals surface area contributed by atoms with Crippen molar-refractivity contribution in [3.05, 3.63) is 34.3 Å². The molecule has 2 atom stereocenters. The highest BCUT2D eigenvalue weighted by molar-refractivity contribution is 9.10. The zero-order chi connectivity index (χ0) is 15.2. The van der Waals surface area contributed by atoms with Gasteiger partial charge in [0.15, 0.2) is 0 Å². The van der Waals surface area contributed by atoms with Crippen LogP contribution in [-0.2, 0) is 4.79 Å². The van der Waals surface area contributed by atoms with Crippen molar-refractivity contribution in [3.63, 3.8) is 0 Å². The third-order valence-corrected chi connectivity index (χ3v) is 5.05. The summed E-state index contributed by atoms with van der Waals surface area (Å²) >= 11 is 3.64. The van der Waals surface area contributed by atoms with Gasteiger partial charge in [0.25, 0.3) is 0 Å². The van der Waals surface area contributed by atoms with Crippen molar-refractivity contribution in [2.45, 2.75) is 57.5 Å². The second kappa shape index (κ2) is 7.95. The summed E-state index contributed by atoms with van der Waals surface area (Å²) in [4.78, 5) is 13.8. The molecule has 1 saturated heterocycles. The molecule has 0 bridgehead atoms. The number of rotatable bonds is 6. The molecule has 1 N–H and O–H groups in total. The van der Waals surface area contributed by atoms with Crippen molar-refractivity contribution in [3.8, 4) is 0 Å². The van der Waals surface area contributed by atoms with Gasteiger partial charge in [-0.2, -0.15) is 0 Å². The van der Waals surface area contributed by atoms with E-state index in [0.29, 0.717) is 0 Å². The highest BCUT2D eigenvalue weighted by Crippen LogP contribution is 2.35. The van der Waals surface area contributed by atoms with Crippen LogP contribution in [-0.4, -0.2) is 28.6 Å². The maximum atomic E-state index is 11.6. The summed E-state index contributed by atoms with van der Waals surface area (Å²) in [5.41, 5.74) is 1.22. The van der Waals surface area contributed by atoms with Crippen LogP contribution in [0.2, 0.25) is 0 Å². The molecule has 0 aromatic heterocycles. The van der Waals surface area contributed by atoms with Gasteiger partial charge in [-0.3, -0.25) is 9.69 Å². The summed E-state index contributed by atoms with van der Waals surface area (Å²) in [6, 6.07) is 8.08. The summed E-state index contributed by atoms with van der Waals surface area (Å²) in [5, 5.41) is 9.55. The summed E-state index contributed by atoms with van der Waals surface area (Å²) in [6.45, 7) is 3.06. The summed E-state index contributed by atoms with van der Waals surface area (Å²) < 4.78 is 1.08. The van der Waals surface area contributed by atoms with Crippen LogP contribution in [0.5, 0.6) is 0 Å². The highest BCUT2D eigenvalue weighted by Gasteiger charge is 2.34. The molecule has 0 aliphatic carbocycles. The first-order valence-corrected chi connectivity index (χ1v) is 8.67. The van der Waals surface area contributed by atoms with Crippen LogP contribution in [0.4, 0.5) is 0 Å². The van der Waals surface area contributed by atoms with E-state index in [0.717, 1.165) is 49.5 Å².